The van der Waals surface area contributed by atoms with E-state index in [9.17, 15) is 4.79 Å². The fourth-order valence-electron chi connectivity index (χ4n) is 4.86. The van der Waals surface area contributed by atoms with E-state index < -0.39 is 0 Å². The first-order chi connectivity index (χ1) is 16.7. The van der Waals surface area contributed by atoms with Crippen molar-refractivity contribution in [1.29, 1.82) is 0 Å². The van der Waals surface area contributed by atoms with Gasteiger partial charge in [-0.15, -0.1) is 0 Å². The molecule has 0 radical (unpaired) electrons. The quantitative estimate of drug-likeness (QED) is 0.225. The summed E-state index contributed by atoms with van der Waals surface area (Å²) >= 11 is 0. The summed E-state index contributed by atoms with van der Waals surface area (Å²) in [6.45, 7) is 18.3. The molecule has 0 N–H and O–H groups in total. The van der Waals surface area contributed by atoms with E-state index in [2.05, 4.69) is 69.6 Å². The molecule has 2 rings (SSSR count). The lowest BCUT2D eigenvalue weighted by atomic mass is 9.85. The van der Waals surface area contributed by atoms with E-state index >= 15 is 0 Å². The summed E-state index contributed by atoms with van der Waals surface area (Å²) in [5, 5.41) is 0. The summed E-state index contributed by atoms with van der Waals surface area (Å²) in [5.74, 6) is 0.727. The number of aliphatic imine (C=N–C) groups is 1. The van der Waals surface area contributed by atoms with Gasteiger partial charge in [0.15, 0.2) is 5.78 Å². The first-order valence-electron chi connectivity index (χ1n) is 13.0. The number of hydrogen-bond donors (Lipinski definition) is 0. The van der Waals surface area contributed by atoms with Gasteiger partial charge in [0.05, 0.1) is 0 Å². The lowest BCUT2D eigenvalue weighted by molar-refractivity contribution is 0.101. The number of allylic oxidation sites excluding steroid dienone is 3. The van der Waals surface area contributed by atoms with E-state index in [0.717, 1.165) is 39.8 Å². The minimum absolute atomic E-state index is 0.0980. The van der Waals surface area contributed by atoms with E-state index in [0.29, 0.717) is 5.92 Å². The zero-order chi connectivity index (χ0) is 26.0. The largest absolute Gasteiger partial charge is 0.294 e. The summed E-state index contributed by atoms with van der Waals surface area (Å²) in [5.41, 5.74) is 9.95. The highest BCUT2D eigenvalue weighted by molar-refractivity contribution is 6.00. The second-order valence-electron chi connectivity index (χ2n) is 9.73. The number of rotatable bonds is 12. The van der Waals surface area contributed by atoms with Crippen LogP contribution in [0.25, 0.3) is 11.6 Å². The highest BCUT2D eigenvalue weighted by atomic mass is 16.1. The van der Waals surface area contributed by atoms with Crippen LogP contribution in [0.2, 0.25) is 0 Å². The average Bonchev–Trinajstić information content (AvgIpc) is 2.78. The molecule has 0 aliphatic rings. The second-order valence-corrected chi connectivity index (χ2v) is 9.73. The lowest BCUT2D eigenvalue weighted by Crippen LogP contribution is -2.06. The number of aryl methyl sites for hydroxylation is 1. The van der Waals surface area contributed by atoms with E-state index in [1.807, 2.05) is 32.2 Å². The fourth-order valence-corrected chi connectivity index (χ4v) is 4.86. The SMILES string of the molecule is C=C(C)C=N/C=C(\C)c1cc(/C=C\C)c(C(C)=O)c(Cc2ccc(C(CCC)CCC)c(C)c2)c1. The average molecular weight is 470 g/mol. The highest BCUT2D eigenvalue weighted by Crippen LogP contribution is 2.31. The number of ketones is 1. The third-order valence-corrected chi connectivity index (χ3v) is 6.41. The Balaban J connectivity index is 2.55. The van der Waals surface area contributed by atoms with Crippen molar-refractivity contribution < 1.29 is 4.79 Å². The van der Waals surface area contributed by atoms with Gasteiger partial charge in [0.1, 0.15) is 0 Å². The number of benzene rings is 2. The van der Waals surface area contributed by atoms with Gasteiger partial charge in [-0.05, 0) is 110 Å². The van der Waals surface area contributed by atoms with Crippen LogP contribution in [0.3, 0.4) is 0 Å². The Hall–Kier alpha value is -3.00. The molecule has 0 heterocycles. The van der Waals surface area contributed by atoms with Crippen LogP contribution in [0, 0.1) is 6.92 Å². The molecule has 2 aromatic carbocycles. The van der Waals surface area contributed by atoms with Crippen molar-refractivity contribution in [2.24, 2.45) is 4.99 Å². The molecule has 186 valence electrons. The lowest BCUT2D eigenvalue weighted by Gasteiger charge is -2.20. The third-order valence-electron chi connectivity index (χ3n) is 6.41. The monoisotopic (exact) mass is 469 g/mol. The predicted molar refractivity (Wildman–Crippen MR) is 155 cm³/mol. The van der Waals surface area contributed by atoms with Gasteiger partial charge in [-0.2, -0.15) is 0 Å². The molecule has 2 aromatic rings. The molecule has 0 amide bonds. The summed E-state index contributed by atoms with van der Waals surface area (Å²) in [6.07, 6.45) is 13.2. The fraction of sp³-hybridized carbons (Fsp3) is 0.394. The normalized spacial score (nSPS) is 12.3. The molecular formula is C33H43NO. The Labute approximate surface area is 213 Å². The summed E-state index contributed by atoms with van der Waals surface area (Å²) in [7, 11) is 0. The van der Waals surface area contributed by atoms with Crippen molar-refractivity contribution in [2.45, 2.75) is 86.5 Å². The Morgan fingerprint density at radius 3 is 2.29 bits per heavy atom. The van der Waals surface area contributed by atoms with Crippen molar-refractivity contribution in [2.75, 3.05) is 0 Å². The summed E-state index contributed by atoms with van der Waals surface area (Å²) in [4.78, 5) is 17.1. The predicted octanol–water partition coefficient (Wildman–Crippen LogP) is 9.51. The van der Waals surface area contributed by atoms with Gasteiger partial charge in [-0.25, -0.2) is 0 Å². The van der Waals surface area contributed by atoms with Crippen LogP contribution in [0.4, 0.5) is 0 Å². The van der Waals surface area contributed by atoms with Crippen LogP contribution < -0.4 is 0 Å². The molecule has 0 saturated heterocycles. The van der Waals surface area contributed by atoms with Crippen molar-refractivity contribution >= 4 is 23.6 Å². The van der Waals surface area contributed by atoms with Gasteiger partial charge in [-0.1, -0.05) is 69.7 Å². The Kier molecular flexibility index (Phi) is 11.1. The molecule has 0 fully saturated rings. The van der Waals surface area contributed by atoms with Crippen LogP contribution >= 0.6 is 0 Å². The molecule has 0 aliphatic heterocycles. The maximum absolute atomic E-state index is 12.8. The first kappa shape index (κ1) is 28.2. The van der Waals surface area contributed by atoms with E-state index in [-0.39, 0.29) is 5.78 Å². The van der Waals surface area contributed by atoms with Crippen LogP contribution in [0.1, 0.15) is 117 Å². The number of Topliss-reactive ketones (excluding diaryl/α,β-unsaturated/α-hetero) is 1. The van der Waals surface area contributed by atoms with Gasteiger partial charge in [-0.3, -0.25) is 9.79 Å². The standard InChI is InChI=1S/C33H43NO/c1-9-12-28(13-10-2)32-16-15-27(17-24(32)6)18-31-20-30(25(7)22-34-21-23(4)5)19-29(14-11-3)33(31)26(8)35/h11,14-17,19-22,28H,4,9-10,12-13,18H2,1-3,5-8H3/b14-11-,25-22+,34-21?. The number of carbonyl (C=O) groups excluding carboxylic acids is 1. The van der Waals surface area contributed by atoms with Gasteiger partial charge < -0.3 is 0 Å². The van der Waals surface area contributed by atoms with E-state index in [1.54, 1.807) is 13.1 Å². The maximum atomic E-state index is 12.8. The maximum Gasteiger partial charge on any atom is 0.160 e. The summed E-state index contributed by atoms with van der Waals surface area (Å²) < 4.78 is 0. The molecular weight excluding hydrogens is 426 g/mol. The third kappa shape index (κ3) is 8.02. The molecule has 35 heavy (non-hydrogen) atoms. The Morgan fingerprint density at radius 1 is 1.06 bits per heavy atom. The van der Waals surface area contributed by atoms with Gasteiger partial charge >= 0.3 is 0 Å². The molecule has 0 unspecified atom stereocenters. The minimum atomic E-state index is 0.0980. The minimum Gasteiger partial charge on any atom is -0.294 e. The number of carbonyl (C=O) groups is 1. The second kappa shape index (κ2) is 13.8. The molecule has 0 bridgehead atoms. The smallest absolute Gasteiger partial charge is 0.160 e. The zero-order valence-corrected chi connectivity index (χ0v) is 22.9. The molecule has 2 heteroatoms. The van der Waals surface area contributed by atoms with Crippen LogP contribution in [0.5, 0.6) is 0 Å². The van der Waals surface area contributed by atoms with Gasteiger partial charge in [0.25, 0.3) is 0 Å². The van der Waals surface area contributed by atoms with Crippen molar-refractivity contribution in [3.63, 3.8) is 0 Å². The number of nitrogens with zero attached hydrogens (tertiary/aromatic N) is 1. The van der Waals surface area contributed by atoms with Crippen molar-refractivity contribution in [3.8, 4) is 0 Å². The van der Waals surface area contributed by atoms with Crippen molar-refractivity contribution in [3.05, 3.63) is 93.7 Å². The number of hydrogen-bond acceptors (Lipinski definition) is 2. The molecule has 0 spiro atoms. The van der Waals surface area contributed by atoms with Crippen LogP contribution in [-0.4, -0.2) is 12.0 Å². The molecule has 0 atom stereocenters. The zero-order valence-electron chi connectivity index (χ0n) is 22.9. The van der Waals surface area contributed by atoms with Crippen LogP contribution in [-0.2, 0) is 6.42 Å². The molecule has 0 saturated carbocycles. The molecule has 2 nitrogen and oxygen atoms in total. The topological polar surface area (TPSA) is 29.4 Å². The van der Waals surface area contributed by atoms with E-state index in [4.69, 9.17) is 0 Å². The van der Waals surface area contributed by atoms with Gasteiger partial charge in [0.2, 0.25) is 0 Å². The van der Waals surface area contributed by atoms with Gasteiger partial charge in [0, 0.05) is 18.0 Å². The first-order valence-corrected chi connectivity index (χ1v) is 13.0. The molecule has 0 aliphatic carbocycles. The Morgan fingerprint density at radius 2 is 1.74 bits per heavy atom. The Bertz CT molecular complexity index is 1120. The summed E-state index contributed by atoms with van der Waals surface area (Å²) in [6, 6.07) is 11.1. The van der Waals surface area contributed by atoms with Crippen molar-refractivity contribution in [1.82, 2.24) is 0 Å². The van der Waals surface area contributed by atoms with E-state index in [1.165, 1.54) is 42.4 Å². The molecule has 0 aromatic heterocycles. The highest BCUT2D eigenvalue weighted by Gasteiger charge is 2.17. The van der Waals surface area contributed by atoms with Crippen LogP contribution in [0.15, 0.2) is 59.8 Å².